The standard InChI is InChI=1S/C24H25NO.ClH/c1-17(15-18-7-3-2-4-8-18)19-11-13-21(14-12-19)26-24-22-10-6-5-9-20(22)16-23(24)25;/h2-14,17,23-24H,15-16,25H2,1H3;1H/t17?,23-,24+;/m0./s1. The van der Waals surface area contributed by atoms with Crippen LogP contribution in [0.4, 0.5) is 0 Å². The van der Waals surface area contributed by atoms with Crippen LogP contribution in [0.25, 0.3) is 0 Å². The van der Waals surface area contributed by atoms with Crippen LogP contribution in [0.15, 0.2) is 78.9 Å². The Kier molecular flexibility index (Phi) is 6.20. The van der Waals surface area contributed by atoms with Gasteiger partial charge in [0.2, 0.25) is 0 Å². The average molecular weight is 380 g/mol. The second-order valence-electron chi connectivity index (χ2n) is 7.27. The monoisotopic (exact) mass is 379 g/mol. The highest BCUT2D eigenvalue weighted by Gasteiger charge is 2.31. The van der Waals surface area contributed by atoms with Crippen molar-refractivity contribution in [3.63, 3.8) is 0 Å². The Labute approximate surface area is 167 Å². The molecule has 1 unspecified atom stereocenters. The molecular formula is C24H26ClNO. The molecule has 0 bridgehead atoms. The average Bonchev–Trinajstić information content (AvgIpc) is 2.98. The van der Waals surface area contributed by atoms with Crippen LogP contribution in [0, 0.1) is 0 Å². The van der Waals surface area contributed by atoms with Crippen molar-refractivity contribution in [1.29, 1.82) is 0 Å². The van der Waals surface area contributed by atoms with Crippen LogP contribution in [0.5, 0.6) is 5.75 Å². The van der Waals surface area contributed by atoms with E-state index in [1.807, 2.05) is 0 Å². The molecule has 2 N–H and O–H groups in total. The Morgan fingerprint density at radius 1 is 0.926 bits per heavy atom. The molecule has 0 aliphatic heterocycles. The van der Waals surface area contributed by atoms with E-state index in [9.17, 15) is 0 Å². The van der Waals surface area contributed by atoms with E-state index < -0.39 is 0 Å². The minimum atomic E-state index is -0.0567. The summed E-state index contributed by atoms with van der Waals surface area (Å²) >= 11 is 0. The van der Waals surface area contributed by atoms with Crippen molar-refractivity contribution in [3.05, 3.63) is 101 Å². The van der Waals surface area contributed by atoms with Crippen molar-refractivity contribution in [2.24, 2.45) is 5.73 Å². The molecule has 0 saturated carbocycles. The Morgan fingerprint density at radius 2 is 1.59 bits per heavy atom. The third-order valence-electron chi connectivity index (χ3n) is 5.30. The molecule has 27 heavy (non-hydrogen) atoms. The zero-order valence-electron chi connectivity index (χ0n) is 15.5. The summed E-state index contributed by atoms with van der Waals surface area (Å²) in [6.07, 6.45) is 1.87. The van der Waals surface area contributed by atoms with Crippen molar-refractivity contribution in [3.8, 4) is 5.75 Å². The van der Waals surface area contributed by atoms with Crippen LogP contribution in [0.2, 0.25) is 0 Å². The maximum atomic E-state index is 6.32. The van der Waals surface area contributed by atoms with Gasteiger partial charge in [0.1, 0.15) is 11.9 Å². The molecule has 3 atom stereocenters. The van der Waals surface area contributed by atoms with Gasteiger partial charge in [-0.1, -0.05) is 73.7 Å². The lowest BCUT2D eigenvalue weighted by molar-refractivity contribution is 0.186. The maximum absolute atomic E-state index is 6.32. The quantitative estimate of drug-likeness (QED) is 0.639. The zero-order chi connectivity index (χ0) is 17.9. The molecule has 0 saturated heterocycles. The first kappa shape index (κ1) is 19.5. The summed E-state index contributed by atoms with van der Waals surface area (Å²) in [5.41, 5.74) is 11.5. The highest BCUT2D eigenvalue weighted by molar-refractivity contribution is 5.85. The lowest BCUT2D eigenvalue weighted by Gasteiger charge is -2.20. The van der Waals surface area contributed by atoms with Crippen LogP contribution in [-0.2, 0) is 12.8 Å². The molecule has 3 aromatic carbocycles. The van der Waals surface area contributed by atoms with Gasteiger partial charge in [0, 0.05) is 6.04 Å². The topological polar surface area (TPSA) is 35.2 Å². The number of rotatable bonds is 5. The zero-order valence-corrected chi connectivity index (χ0v) is 16.4. The molecule has 140 valence electrons. The first-order valence-corrected chi connectivity index (χ1v) is 9.34. The van der Waals surface area contributed by atoms with Gasteiger partial charge in [-0.3, -0.25) is 0 Å². The highest BCUT2D eigenvalue weighted by atomic mass is 35.5. The number of ether oxygens (including phenoxy) is 1. The minimum Gasteiger partial charge on any atom is -0.484 e. The first-order valence-electron chi connectivity index (χ1n) is 9.34. The van der Waals surface area contributed by atoms with Crippen LogP contribution in [-0.4, -0.2) is 6.04 Å². The summed E-state index contributed by atoms with van der Waals surface area (Å²) in [5.74, 6) is 1.36. The van der Waals surface area contributed by atoms with Gasteiger partial charge in [-0.25, -0.2) is 0 Å². The summed E-state index contributed by atoms with van der Waals surface area (Å²) < 4.78 is 6.24. The molecule has 0 spiro atoms. The molecule has 0 radical (unpaired) electrons. The van der Waals surface area contributed by atoms with Gasteiger partial charge in [-0.05, 0) is 53.1 Å². The van der Waals surface area contributed by atoms with E-state index in [1.165, 1.54) is 22.3 Å². The largest absolute Gasteiger partial charge is 0.484 e. The third-order valence-corrected chi connectivity index (χ3v) is 5.30. The van der Waals surface area contributed by atoms with Crippen molar-refractivity contribution in [1.82, 2.24) is 0 Å². The van der Waals surface area contributed by atoms with Crippen LogP contribution >= 0.6 is 12.4 Å². The molecule has 1 aliphatic carbocycles. The van der Waals surface area contributed by atoms with Gasteiger partial charge >= 0.3 is 0 Å². The number of fused-ring (bicyclic) bond motifs is 1. The lowest BCUT2D eigenvalue weighted by Crippen LogP contribution is -2.28. The van der Waals surface area contributed by atoms with E-state index in [2.05, 4.69) is 85.8 Å². The molecule has 0 aromatic heterocycles. The van der Waals surface area contributed by atoms with Crippen LogP contribution in [0.3, 0.4) is 0 Å². The second kappa shape index (κ2) is 8.60. The lowest BCUT2D eigenvalue weighted by atomic mass is 9.94. The number of halogens is 1. The van der Waals surface area contributed by atoms with E-state index in [0.717, 1.165) is 18.6 Å². The fourth-order valence-corrected chi connectivity index (χ4v) is 3.85. The molecule has 3 aromatic rings. The van der Waals surface area contributed by atoms with Crippen LogP contribution in [0.1, 0.15) is 41.2 Å². The van der Waals surface area contributed by atoms with Crippen molar-refractivity contribution in [2.75, 3.05) is 0 Å². The summed E-state index contributed by atoms with van der Waals surface area (Å²) in [6, 6.07) is 27.5. The predicted molar refractivity (Wildman–Crippen MR) is 114 cm³/mol. The first-order chi connectivity index (χ1) is 12.7. The molecular weight excluding hydrogens is 354 g/mol. The van der Waals surface area contributed by atoms with E-state index in [4.69, 9.17) is 10.5 Å². The number of hydrogen-bond acceptors (Lipinski definition) is 2. The van der Waals surface area contributed by atoms with Gasteiger partial charge in [0.25, 0.3) is 0 Å². The van der Waals surface area contributed by atoms with Crippen molar-refractivity contribution < 1.29 is 4.74 Å². The fraction of sp³-hybridized carbons (Fsp3) is 0.250. The van der Waals surface area contributed by atoms with Crippen LogP contribution < -0.4 is 10.5 Å². The second-order valence-corrected chi connectivity index (χ2v) is 7.27. The summed E-state index contributed by atoms with van der Waals surface area (Å²) in [6.45, 7) is 2.27. The fourth-order valence-electron chi connectivity index (χ4n) is 3.85. The van der Waals surface area contributed by atoms with Crippen molar-refractivity contribution in [2.45, 2.75) is 37.8 Å². The highest BCUT2D eigenvalue weighted by Crippen LogP contribution is 2.34. The molecule has 0 fully saturated rings. The van der Waals surface area contributed by atoms with E-state index in [-0.39, 0.29) is 24.6 Å². The van der Waals surface area contributed by atoms with Crippen molar-refractivity contribution >= 4 is 12.4 Å². The summed E-state index contributed by atoms with van der Waals surface area (Å²) in [4.78, 5) is 0. The summed E-state index contributed by atoms with van der Waals surface area (Å²) in [5, 5.41) is 0. The molecule has 0 heterocycles. The summed E-state index contributed by atoms with van der Waals surface area (Å²) in [7, 11) is 0. The van der Waals surface area contributed by atoms with E-state index >= 15 is 0 Å². The minimum absolute atomic E-state index is 0. The third kappa shape index (κ3) is 4.35. The molecule has 4 rings (SSSR count). The molecule has 1 aliphatic rings. The Bertz CT molecular complexity index is 863. The number of benzene rings is 3. The van der Waals surface area contributed by atoms with Gasteiger partial charge in [-0.2, -0.15) is 0 Å². The van der Waals surface area contributed by atoms with Gasteiger partial charge < -0.3 is 10.5 Å². The van der Waals surface area contributed by atoms with Gasteiger partial charge in [-0.15, -0.1) is 12.4 Å². The molecule has 2 nitrogen and oxygen atoms in total. The normalized spacial score (nSPS) is 19.0. The van der Waals surface area contributed by atoms with E-state index in [1.54, 1.807) is 0 Å². The van der Waals surface area contributed by atoms with Gasteiger partial charge in [0.15, 0.2) is 0 Å². The smallest absolute Gasteiger partial charge is 0.139 e. The number of hydrogen-bond donors (Lipinski definition) is 1. The maximum Gasteiger partial charge on any atom is 0.139 e. The van der Waals surface area contributed by atoms with Gasteiger partial charge in [0.05, 0.1) is 0 Å². The number of nitrogens with two attached hydrogens (primary N) is 1. The Morgan fingerprint density at radius 3 is 2.33 bits per heavy atom. The Balaban J connectivity index is 0.00000210. The molecule has 3 heteroatoms. The van der Waals surface area contributed by atoms with E-state index in [0.29, 0.717) is 5.92 Å². The Hall–Kier alpha value is -2.29. The molecule has 0 amide bonds. The predicted octanol–water partition coefficient (Wildman–Crippen LogP) is 5.46. The SMILES string of the molecule is CC(Cc1ccccc1)c1ccc(O[C@@H]2c3ccccc3C[C@@H]2N)cc1.Cl.